The lowest BCUT2D eigenvalue weighted by Gasteiger charge is -2.37. The molecule has 1 saturated carbocycles. The Labute approximate surface area is 185 Å². The first-order valence-corrected chi connectivity index (χ1v) is 10.6. The molecule has 1 fully saturated rings. The van der Waals surface area contributed by atoms with E-state index in [0.29, 0.717) is 37.2 Å². The number of nitrogens with two attached hydrogens (primary N) is 2. The van der Waals surface area contributed by atoms with Crippen LogP contribution in [0.15, 0.2) is 47.3 Å². The lowest BCUT2D eigenvalue weighted by atomic mass is 9.65. The van der Waals surface area contributed by atoms with E-state index in [0.717, 1.165) is 23.1 Å². The molecule has 4 rings (SSSR count). The van der Waals surface area contributed by atoms with Crippen LogP contribution in [0.4, 0.5) is 11.5 Å². The molecule has 0 saturated heterocycles. The molecule has 8 heteroatoms. The zero-order chi connectivity index (χ0) is 22.9. The SMILES string of the molecule is CCOc1cc(-c2cccc(CC3(C(=O)O)CCC3)c2)ccc1-c1nc(N)c(N)c(=O)[nH]1. The maximum absolute atomic E-state index is 12.0. The van der Waals surface area contributed by atoms with Crippen molar-refractivity contribution in [1.29, 1.82) is 0 Å². The summed E-state index contributed by atoms with van der Waals surface area (Å²) in [7, 11) is 0. The smallest absolute Gasteiger partial charge is 0.309 e. The number of hydrogen-bond acceptors (Lipinski definition) is 6. The van der Waals surface area contributed by atoms with Crippen molar-refractivity contribution in [2.75, 3.05) is 18.1 Å². The Kier molecular flexibility index (Phi) is 5.61. The van der Waals surface area contributed by atoms with Crippen molar-refractivity contribution in [2.45, 2.75) is 32.6 Å². The van der Waals surface area contributed by atoms with E-state index in [1.165, 1.54) is 0 Å². The molecule has 3 aromatic rings. The monoisotopic (exact) mass is 434 g/mol. The summed E-state index contributed by atoms with van der Waals surface area (Å²) < 4.78 is 5.82. The number of aliphatic carboxylic acids is 1. The van der Waals surface area contributed by atoms with Gasteiger partial charge in [0.2, 0.25) is 0 Å². The van der Waals surface area contributed by atoms with Crippen LogP contribution in [0, 0.1) is 5.41 Å². The van der Waals surface area contributed by atoms with Crippen LogP contribution in [0.5, 0.6) is 5.75 Å². The van der Waals surface area contributed by atoms with E-state index in [1.807, 2.05) is 49.4 Å². The molecule has 1 aromatic heterocycles. The molecule has 0 radical (unpaired) electrons. The fraction of sp³-hybridized carbons (Fsp3) is 0.292. The van der Waals surface area contributed by atoms with Crippen molar-refractivity contribution in [2.24, 2.45) is 5.41 Å². The number of carboxylic acids is 1. The predicted octanol–water partition coefficient (Wildman–Crippen LogP) is 3.46. The van der Waals surface area contributed by atoms with Crippen molar-refractivity contribution in [1.82, 2.24) is 9.97 Å². The molecule has 0 spiro atoms. The van der Waals surface area contributed by atoms with E-state index in [9.17, 15) is 14.7 Å². The van der Waals surface area contributed by atoms with Crippen LogP contribution in [-0.2, 0) is 11.2 Å². The average Bonchev–Trinajstić information content (AvgIpc) is 2.74. The second kappa shape index (κ2) is 8.37. The van der Waals surface area contributed by atoms with Crippen LogP contribution in [0.2, 0.25) is 0 Å². The molecule has 8 nitrogen and oxygen atoms in total. The number of aromatic amines is 1. The third-order valence-electron chi connectivity index (χ3n) is 6.09. The molecule has 166 valence electrons. The number of ether oxygens (including phenoxy) is 1. The van der Waals surface area contributed by atoms with Gasteiger partial charge < -0.3 is 26.3 Å². The molecular formula is C24H26N4O4. The van der Waals surface area contributed by atoms with Gasteiger partial charge in [0.15, 0.2) is 5.82 Å². The molecule has 0 amide bonds. The van der Waals surface area contributed by atoms with Crippen molar-refractivity contribution < 1.29 is 14.6 Å². The molecule has 0 unspecified atom stereocenters. The number of benzene rings is 2. The molecule has 0 atom stereocenters. The Morgan fingerprint density at radius 3 is 2.56 bits per heavy atom. The summed E-state index contributed by atoms with van der Waals surface area (Å²) in [5.41, 5.74) is 13.6. The first-order chi connectivity index (χ1) is 15.3. The first kappa shape index (κ1) is 21.4. The Hall–Kier alpha value is -3.81. The molecule has 0 aliphatic heterocycles. The van der Waals surface area contributed by atoms with Crippen LogP contribution in [-0.4, -0.2) is 27.7 Å². The minimum absolute atomic E-state index is 0.0358. The molecule has 6 N–H and O–H groups in total. The largest absolute Gasteiger partial charge is 0.493 e. The van der Waals surface area contributed by atoms with Crippen LogP contribution < -0.4 is 21.8 Å². The van der Waals surface area contributed by atoms with Gasteiger partial charge >= 0.3 is 5.97 Å². The van der Waals surface area contributed by atoms with E-state index < -0.39 is 16.9 Å². The molecule has 0 bridgehead atoms. The number of hydrogen-bond donors (Lipinski definition) is 4. The fourth-order valence-corrected chi connectivity index (χ4v) is 4.12. The Morgan fingerprint density at radius 2 is 1.94 bits per heavy atom. The van der Waals surface area contributed by atoms with Gasteiger partial charge in [-0.25, -0.2) is 4.98 Å². The lowest BCUT2D eigenvalue weighted by molar-refractivity contribution is -0.154. The number of carbonyl (C=O) groups is 1. The maximum Gasteiger partial charge on any atom is 0.309 e. The van der Waals surface area contributed by atoms with Gasteiger partial charge in [-0.3, -0.25) is 9.59 Å². The highest BCUT2D eigenvalue weighted by Crippen LogP contribution is 2.44. The minimum Gasteiger partial charge on any atom is -0.493 e. The number of nitrogens with one attached hydrogen (secondary N) is 1. The number of anilines is 2. The van der Waals surface area contributed by atoms with Gasteiger partial charge in [0, 0.05) is 0 Å². The van der Waals surface area contributed by atoms with E-state index in [4.69, 9.17) is 16.2 Å². The Morgan fingerprint density at radius 1 is 1.19 bits per heavy atom. The summed E-state index contributed by atoms with van der Waals surface area (Å²) in [6.07, 6.45) is 2.90. The van der Waals surface area contributed by atoms with E-state index >= 15 is 0 Å². The van der Waals surface area contributed by atoms with E-state index in [-0.39, 0.29) is 17.3 Å². The number of H-pyrrole nitrogens is 1. The van der Waals surface area contributed by atoms with Crippen molar-refractivity contribution in [3.63, 3.8) is 0 Å². The number of carboxylic acid groups (broad SMARTS) is 1. The molecular weight excluding hydrogens is 408 g/mol. The zero-order valence-electron chi connectivity index (χ0n) is 17.9. The summed E-state index contributed by atoms with van der Waals surface area (Å²) in [4.78, 5) is 30.6. The van der Waals surface area contributed by atoms with Crippen LogP contribution in [0.25, 0.3) is 22.5 Å². The van der Waals surface area contributed by atoms with Crippen LogP contribution in [0.1, 0.15) is 31.7 Å². The highest BCUT2D eigenvalue weighted by Gasteiger charge is 2.44. The first-order valence-electron chi connectivity index (χ1n) is 10.6. The number of nitrogens with zero attached hydrogens (tertiary/aromatic N) is 1. The van der Waals surface area contributed by atoms with Gasteiger partial charge in [-0.2, -0.15) is 0 Å². The third-order valence-corrected chi connectivity index (χ3v) is 6.09. The van der Waals surface area contributed by atoms with Gasteiger partial charge in [-0.15, -0.1) is 0 Å². The van der Waals surface area contributed by atoms with Gasteiger partial charge in [-0.1, -0.05) is 36.8 Å². The molecule has 32 heavy (non-hydrogen) atoms. The molecule has 1 aliphatic carbocycles. The molecule has 2 aromatic carbocycles. The van der Waals surface area contributed by atoms with E-state index in [1.54, 1.807) is 0 Å². The summed E-state index contributed by atoms with van der Waals surface area (Å²) in [5, 5.41) is 9.66. The second-order valence-electron chi connectivity index (χ2n) is 8.17. The van der Waals surface area contributed by atoms with Crippen molar-refractivity contribution in [3.05, 3.63) is 58.4 Å². The van der Waals surface area contributed by atoms with Gasteiger partial charge in [0.05, 0.1) is 17.6 Å². The topological polar surface area (TPSA) is 144 Å². The summed E-state index contributed by atoms with van der Waals surface area (Å²) in [5.74, 6) is 0.0651. The van der Waals surface area contributed by atoms with Gasteiger partial charge in [0.25, 0.3) is 5.56 Å². The Bertz CT molecular complexity index is 1230. The average molecular weight is 434 g/mol. The molecule has 1 aliphatic rings. The highest BCUT2D eigenvalue weighted by atomic mass is 16.5. The van der Waals surface area contributed by atoms with Crippen molar-refractivity contribution >= 4 is 17.5 Å². The Balaban J connectivity index is 1.70. The van der Waals surface area contributed by atoms with Crippen molar-refractivity contribution in [3.8, 4) is 28.3 Å². The number of aromatic nitrogens is 2. The normalized spacial score (nSPS) is 14.5. The third kappa shape index (κ3) is 3.91. The number of nitrogen functional groups attached to an aromatic ring is 2. The highest BCUT2D eigenvalue weighted by molar-refractivity contribution is 5.77. The van der Waals surface area contributed by atoms with Crippen LogP contribution in [0.3, 0.4) is 0 Å². The van der Waals surface area contributed by atoms with Gasteiger partial charge in [-0.05, 0) is 55.0 Å². The zero-order valence-corrected chi connectivity index (χ0v) is 17.9. The van der Waals surface area contributed by atoms with E-state index in [2.05, 4.69) is 9.97 Å². The standard InChI is InChI=1S/C24H26N4O4/c1-2-32-18-12-16(7-8-17(18)21-27-20(26)19(25)22(29)28-21)15-6-3-5-14(11-15)13-24(23(30)31)9-4-10-24/h3,5-8,11-12H,2,4,9-10,13,25H2,1H3,(H,30,31)(H3,26,27,28,29). The summed E-state index contributed by atoms with van der Waals surface area (Å²) >= 11 is 0. The summed E-state index contributed by atoms with van der Waals surface area (Å²) in [6, 6.07) is 13.5. The predicted molar refractivity (Wildman–Crippen MR) is 123 cm³/mol. The maximum atomic E-state index is 12.0. The fourth-order valence-electron chi connectivity index (χ4n) is 4.12. The molecule has 1 heterocycles. The quantitative estimate of drug-likeness (QED) is 0.445. The van der Waals surface area contributed by atoms with Crippen LogP contribution >= 0.6 is 0 Å². The second-order valence-corrected chi connectivity index (χ2v) is 8.17. The summed E-state index contributed by atoms with van der Waals surface area (Å²) in [6.45, 7) is 2.29. The number of rotatable bonds is 7. The van der Waals surface area contributed by atoms with Gasteiger partial charge in [0.1, 0.15) is 17.3 Å². The lowest BCUT2D eigenvalue weighted by Crippen LogP contribution is -2.39. The minimum atomic E-state index is -0.721.